The second-order valence-electron chi connectivity index (χ2n) is 7.69. The Hall–Kier alpha value is -2.45. The van der Waals surface area contributed by atoms with Crippen molar-refractivity contribution < 1.29 is 19.1 Å². The zero-order valence-corrected chi connectivity index (χ0v) is 18.3. The number of ether oxygens (including phenoxy) is 2. The summed E-state index contributed by atoms with van der Waals surface area (Å²) in [6, 6.07) is 5.44. The lowest BCUT2D eigenvalue weighted by Gasteiger charge is -2.18. The van der Waals surface area contributed by atoms with Crippen LogP contribution in [0.5, 0.6) is 11.5 Å². The number of methoxy groups -OCH3 is 2. The van der Waals surface area contributed by atoms with Crippen LogP contribution in [0.3, 0.4) is 0 Å². The van der Waals surface area contributed by atoms with Crippen molar-refractivity contribution in [3.05, 3.63) is 29.8 Å². The maximum absolute atomic E-state index is 12.4. The summed E-state index contributed by atoms with van der Waals surface area (Å²) in [6.45, 7) is 2.35. The quantitative estimate of drug-likeness (QED) is 0.388. The molecule has 0 aromatic heterocycles. The zero-order chi connectivity index (χ0) is 21.5. The lowest BCUT2D eigenvalue weighted by molar-refractivity contribution is -0.121. The fourth-order valence-corrected chi connectivity index (χ4v) is 3.73. The number of hydrogen-bond acceptors (Lipinski definition) is 6. The van der Waals surface area contributed by atoms with Gasteiger partial charge in [0, 0.05) is 43.1 Å². The van der Waals surface area contributed by atoms with Gasteiger partial charge in [0.15, 0.2) is 0 Å². The standard InChI is InChI=1S/C22H29N3O4S/c1-28-17-5-6-18(19(12-17)29-2)15-9-16(22(30)25-21(27)10-15)11-20(26)24-8-7-23-13-14-3-4-14/h5-6,10,12,14,16,23H,3-4,7-9,11,13H2,1-2H3,(H,24,26)(H,25,27,30). The summed E-state index contributed by atoms with van der Waals surface area (Å²) < 4.78 is 10.7. The molecule has 0 saturated heterocycles. The second-order valence-corrected chi connectivity index (χ2v) is 8.13. The number of rotatable bonds is 10. The summed E-state index contributed by atoms with van der Waals surface area (Å²) in [4.78, 5) is 25.1. The van der Waals surface area contributed by atoms with Crippen molar-refractivity contribution in [3.63, 3.8) is 0 Å². The third-order valence-corrected chi connectivity index (χ3v) is 5.76. The molecule has 1 fully saturated rings. The molecule has 7 nitrogen and oxygen atoms in total. The first-order valence-electron chi connectivity index (χ1n) is 10.3. The molecule has 3 rings (SSSR count). The van der Waals surface area contributed by atoms with Gasteiger partial charge < -0.3 is 25.4 Å². The van der Waals surface area contributed by atoms with Crippen LogP contribution in [-0.2, 0) is 9.59 Å². The molecular weight excluding hydrogens is 402 g/mol. The number of benzene rings is 1. The highest BCUT2D eigenvalue weighted by molar-refractivity contribution is 7.80. The fraction of sp³-hybridized carbons (Fsp3) is 0.500. The minimum absolute atomic E-state index is 0.0761. The summed E-state index contributed by atoms with van der Waals surface area (Å²) in [6.07, 6.45) is 4.82. The van der Waals surface area contributed by atoms with Crippen LogP contribution in [0.1, 0.15) is 31.2 Å². The molecule has 162 valence electrons. The average molecular weight is 432 g/mol. The number of nitrogens with one attached hydrogen (secondary N) is 3. The summed E-state index contributed by atoms with van der Waals surface area (Å²) in [5, 5.41) is 9.00. The first kappa shape index (κ1) is 22.2. The second kappa shape index (κ2) is 10.5. The van der Waals surface area contributed by atoms with Crippen molar-refractivity contribution in [2.24, 2.45) is 11.8 Å². The Labute approximate surface area is 182 Å². The number of carbonyl (C=O) groups excluding carboxylic acids is 2. The van der Waals surface area contributed by atoms with Crippen LogP contribution in [0.2, 0.25) is 0 Å². The van der Waals surface area contributed by atoms with E-state index >= 15 is 0 Å². The minimum Gasteiger partial charge on any atom is -0.497 e. The van der Waals surface area contributed by atoms with E-state index in [1.54, 1.807) is 20.3 Å². The van der Waals surface area contributed by atoms with E-state index in [0.717, 1.165) is 30.1 Å². The van der Waals surface area contributed by atoms with Crippen molar-refractivity contribution in [3.8, 4) is 11.5 Å². The fourth-order valence-electron chi connectivity index (χ4n) is 3.47. The van der Waals surface area contributed by atoms with E-state index in [1.807, 2.05) is 12.1 Å². The van der Waals surface area contributed by atoms with Gasteiger partial charge in [-0.2, -0.15) is 0 Å². The van der Waals surface area contributed by atoms with Gasteiger partial charge in [-0.25, -0.2) is 0 Å². The van der Waals surface area contributed by atoms with Gasteiger partial charge in [0.25, 0.3) is 0 Å². The molecule has 30 heavy (non-hydrogen) atoms. The molecule has 1 aromatic carbocycles. The Balaban J connectivity index is 1.62. The Morgan fingerprint density at radius 3 is 2.73 bits per heavy atom. The molecule has 1 saturated carbocycles. The summed E-state index contributed by atoms with van der Waals surface area (Å²) >= 11 is 5.39. The smallest absolute Gasteiger partial charge is 0.249 e. The topological polar surface area (TPSA) is 88.7 Å². The van der Waals surface area contributed by atoms with Crippen molar-refractivity contribution in [2.75, 3.05) is 33.9 Å². The van der Waals surface area contributed by atoms with Gasteiger partial charge in [0.2, 0.25) is 11.8 Å². The van der Waals surface area contributed by atoms with Crippen LogP contribution < -0.4 is 25.4 Å². The lowest BCUT2D eigenvalue weighted by atomic mass is 9.91. The molecule has 0 radical (unpaired) electrons. The predicted molar refractivity (Wildman–Crippen MR) is 120 cm³/mol. The molecule has 1 heterocycles. The largest absolute Gasteiger partial charge is 0.497 e. The molecule has 1 aliphatic carbocycles. The first-order valence-corrected chi connectivity index (χ1v) is 10.7. The molecule has 1 aliphatic heterocycles. The maximum atomic E-state index is 12.4. The Kier molecular flexibility index (Phi) is 7.81. The van der Waals surface area contributed by atoms with E-state index in [1.165, 1.54) is 18.9 Å². The molecule has 2 aliphatic rings. The highest BCUT2D eigenvalue weighted by Gasteiger charge is 2.26. The van der Waals surface area contributed by atoms with Gasteiger partial charge in [-0.1, -0.05) is 12.2 Å². The minimum atomic E-state index is -0.292. The van der Waals surface area contributed by atoms with E-state index in [2.05, 4.69) is 16.0 Å². The lowest BCUT2D eigenvalue weighted by Crippen LogP contribution is -2.37. The van der Waals surface area contributed by atoms with Crippen LogP contribution in [0.25, 0.3) is 5.57 Å². The first-order chi connectivity index (χ1) is 14.5. The van der Waals surface area contributed by atoms with Crippen LogP contribution >= 0.6 is 12.2 Å². The van der Waals surface area contributed by atoms with Crippen molar-refractivity contribution in [1.29, 1.82) is 0 Å². The van der Waals surface area contributed by atoms with Gasteiger partial charge in [-0.05, 0) is 49.4 Å². The summed E-state index contributed by atoms with van der Waals surface area (Å²) in [7, 11) is 3.16. The Morgan fingerprint density at radius 2 is 2.03 bits per heavy atom. The summed E-state index contributed by atoms with van der Waals surface area (Å²) in [5.41, 5.74) is 1.56. The molecule has 1 unspecified atom stereocenters. The van der Waals surface area contributed by atoms with E-state index in [4.69, 9.17) is 21.7 Å². The highest BCUT2D eigenvalue weighted by atomic mass is 32.1. The molecule has 0 bridgehead atoms. The van der Waals surface area contributed by atoms with Crippen LogP contribution in [0, 0.1) is 11.8 Å². The number of thiocarbonyl (C=S) groups is 1. The van der Waals surface area contributed by atoms with Gasteiger partial charge in [0.1, 0.15) is 11.5 Å². The van der Waals surface area contributed by atoms with Gasteiger partial charge in [0.05, 0.1) is 19.2 Å². The van der Waals surface area contributed by atoms with Gasteiger partial charge >= 0.3 is 0 Å². The number of carbonyl (C=O) groups is 2. The molecular formula is C22H29N3O4S. The number of amides is 2. The molecule has 3 N–H and O–H groups in total. The Morgan fingerprint density at radius 1 is 1.23 bits per heavy atom. The SMILES string of the molecule is COc1ccc(C2=CC(=O)NC(=S)C(CC(=O)NCCNCC3CC3)C2)c(OC)c1. The normalized spacial score (nSPS) is 18.9. The number of hydrogen-bond donors (Lipinski definition) is 3. The molecule has 2 amide bonds. The average Bonchev–Trinajstić information content (AvgIpc) is 3.56. The monoisotopic (exact) mass is 431 g/mol. The van der Waals surface area contributed by atoms with Crippen molar-refractivity contribution >= 4 is 34.6 Å². The van der Waals surface area contributed by atoms with E-state index in [-0.39, 0.29) is 24.2 Å². The number of allylic oxidation sites excluding steroid dienone is 1. The molecule has 0 spiro atoms. The van der Waals surface area contributed by atoms with Crippen LogP contribution in [0.4, 0.5) is 0 Å². The third-order valence-electron chi connectivity index (χ3n) is 5.33. The Bertz CT molecular complexity index is 836. The zero-order valence-electron chi connectivity index (χ0n) is 17.5. The predicted octanol–water partition coefficient (Wildman–Crippen LogP) is 2.06. The summed E-state index contributed by atoms with van der Waals surface area (Å²) in [5.74, 6) is 1.44. The molecule has 8 heteroatoms. The highest BCUT2D eigenvalue weighted by Crippen LogP contribution is 2.35. The van der Waals surface area contributed by atoms with E-state index < -0.39 is 0 Å². The van der Waals surface area contributed by atoms with Crippen LogP contribution in [-0.4, -0.2) is 50.7 Å². The van der Waals surface area contributed by atoms with Gasteiger partial charge in [-0.3, -0.25) is 9.59 Å². The van der Waals surface area contributed by atoms with Crippen molar-refractivity contribution in [2.45, 2.75) is 25.7 Å². The third kappa shape index (κ3) is 6.27. The maximum Gasteiger partial charge on any atom is 0.249 e. The van der Waals surface area contributed by atoms with Crippen LogP contribution in [0.15, 0.2) is 24.3 Å². The van der Waals surface area contributed by atoms with Crippen molar-refractivity contribution in [1.82, 2.24) is 16.0 Å². The van der Waals surface area contributed by atoms with E-state index in [9.17, 15) is 9.59 Å². The van der Waals surface area contributed by atoms with Gasteiger partial charge in [-0.15, -0.1) is 0 Å². The van der Waals surface area contributed by atoms with E-state index in [0.29, 0.717) is 29.5 Å². The molecule has 1 atom stereocenters. The molecule has 1 aromatic rings.